The SMILES string of the molecule is CC1CN(c2ccc(Br)cn2)CC(c2ccsc2)O1. The molecule has 1 aliphatic heterocycles. The number of rotatable bonds is 2. The summed E-state index contributed by atoms with van der Waals surface area (Å²) in [6, 6.07) is 6.22. The highest BCUT2D eigenvalue weighted by Gasteiger charge is 2.27. The quantitative estimate of drug-likeness (QED) is 0.830. The van der Waals surface area contributed by atoms with Gasteiger partial charge in [-0.3, -0.25) is 0 Å². The number of aromatic nitrogens is 1. The molecule has 100 valence electrons. The van der Waals surface area contributed by atoms with Crippen molar-refractivity contribution < 1.29 is 4.74 Å². The van der Waals surface area contributed by atoms with Gasteiger partial charge in [0.15, 0.2) is 0 Å². The van der Waals surface area contributed by atoms with Crippen molar-refractivity contribution in [3.8, 4) is 0 Å². The Balaban J connectivity index is 1.80. The summed E-state index contributed by atoms with van der Waals surface area (Å²) in [7, 11) is 0. The topological polar surface area (TPSA) is 25.4 Å². The fraction of sp³-hybridized carbons (Fsp3) is 0.357. The smallest absolute Gasteiger partial charge is 0.128 e. The van der Waals surface area contributed by atoms with E-state index < -0.39 is 0 Å². The first-order valence-corrected chi connectivity index (χ1v) is 8.00. The summed E-state index contributed by atoms with van der Waals surface area (Å²) in [5.74, 6) is 1.01. The molecule has 2 aromatic rings. The van der Waals surface area contributed by atoms with Gasteiger partial charge in [0, 0.05) is 23.8 Å². The standard InChI is InChI=1S/C14H15BrN2OS/c1-10-7-17(14-3-2-12(15)6-16-14)8-13(18-10)11-4-5-19-9-11/h2-6,9-10,13H,7-8H2,1H3. The molecule has 5 heteroatoms. The summed E-state index contributed by atoms with van der Waals surface area (Å²) in [5.41, 5.74) is 1.26. The van der Waals surface area contributed by atoms with Crippen LogP contribution >= 0.6 is 27.3 Å². The Hall–Kier alpha value is -0.910. The molecular formula is C14H15BrN2OS. The van der Waals surface area contributed by atoms with E-state index in [9.17, 15) is 0 Å². The minimum Gasteiger partial charge on any atom is -0.367 e. The van der Waals surface area contributed by atoms with E-state index >= 15 is 0 Å². The Morgan fingerprint density at radius 3 is 2.95 bits per heavy atom. The third-order valence-electron chi connectivity index (χ3n) is 3.21. The maximum Gasteiger partial charge on any atom is 0.128 e. The number of halogens is 1. The minimum atomic E-state index is 0.139. The molecule has 2 atom stereocenters. The Morgan fingerprint density at radius 2 is 2.26 bits per heavy atom. The van der Waals surface area contributed by atoms with Crippen LogP contribution < -0.4 is 4.90 Å². The highest BCUT2D eigenvalue weighted by Crippen LogP contribution is 2.29. The van der Waals surface area contributed by atoms with Gasteiger partial charge < -0.3 is 9.64 Å². The number of anilines is 1. The number of thiophene rings is 1. The number of morpholine rings is 1. The van der Waals surface area contributed by atoms with Crippen LogP contribution in [-0.4, -0.2) is 24.2 Å². The van der Waals surface area contributed by atoms with Crippen LogP contribution in [0.1, 0.15) is 18.6 Å². The molecule has 3 rings (SSSR count). The average Bonchev–Trinajstić information content (AvgIpc) is 2.93. The van der Waals surface area contributed by atoms with E-state index in [4.69, 9.17) is 4.74 Å². The van der Waals surface area contributed by atoms with Crippen LogP contribution in [0.2, 0.25) is 0 Å². The average molecular weight is 339 g/mol. The molecule has 0 amide bonds. The summed E-state index contributed by atoms with van der Waals surface area (Å²) < 4.78 is 7.04. The Labute approximate surface area is 125 Å². The molecule has 0 N–H and O–H groups in total. The molecule has 0 spiro atoms. The number of hydrogen-bond donors (Lipinski definition) is 0. The van der Waals surface area contributed by atoms with E-state index in [0.717, 1.165) is 23.4 Å². The highest BCUT2D eigenvalue weighted by molar-refractivity contribution is 9.10. The van der Waals surface area contributed by atoms with Crippen LogP contribution in [-0.2, 0) is 4.74 Å². The predicted molar refractivity (Wildman–Crippen MR) is 81.8 cm³/mol. The van der Waals surface area contributed by atoms with Crippen molar-refractivity contribution in [2.75, 3.05) is 18.0 Å². The molecule has 0 radical (unpaired) electrons. The van der Waals surface area contributed by atoms with Gasteiger partial charge in [0.1, 0.15) is 11.9 Å². The molecular weight excluding hydrogens is 324 g/mol. The molecule has 3 heterocycles. The molecule has 19 heavy (non-hydrogen) atoms. The minimum absolute atomic E-state index is 0.139. The zero-order chi connectivity index (χ0) is 13.2. The zero-order valence-electron chi connectivity index (χ0n) is 10.6. The monoisotopic (exact) mass is 338 g/mol. The zero-order valence-corrected chi connectivity index (χ0v) is 13.0. The van der Waals surface area contributed by atoms with E-state index in [-0.39, 0.29) is 12.2 Å². The molecule has 1 aliphatic rings. The molecule has 2 unspecified atom stereocenters. The molecule has 0 saturated carbocycles. The fourth-order valence-corrected chi connectivity index (χ4v) is 3.27. The number of hydrogen-bond acceptors (Lipinski definition) is 4. The van der Waals surface area contributed by atoms with Gasteiger partial charge in [-0.1, -0.05) is 0 Å². The predicted octanol–water partition coefficient (Wildman–Crippen LogP) is 3.87. The maximum absolute atomic E-state index is 6.03. The molecule has 0 aliphatic carbocycles. The molecule has 1 saturated heterocycles. The summed E-state index contributed by atoms with van der Waals surface area (Å²) in [6.45, 7) is 3.86. The Morgan fingerprint density at radius 1 is 1.37 bits per heavy atom. The lowest BCUT2D eigenvalue weighted by Gasteiger charge is -2.37. The fourth-order valence-electron chi connectivity index (χ4n) is 2.34. The van der Waals surface area contributed by atoms with Crippen LogP contribution in [0.15, 0.2) is 39.6 Å². The molecule has 2 aromatic heterocycles. The van der Waals surface area contributed by atoms with E-state index in [1.165, 1.54) is 5.56 Å². The second-order valence-corrected chi connectivity index (χ2v) is 6.43. The van der Waals surface area contributed by atoms with Crippen molar-refractivity contribution in [1.29, 1.82) is 0 Å². The first-order chi connectivity index (χ1) is 9.22. The summed E-state index contributed by atoms with van der Waals surface area (Å²) >= 11 is 5.13. The first kappa shape index (κ1) is 13.1. The van der Waals surface area contributed by atoms with Gasteiger partial charge in [0.05, 0.1) is 6.10 Å². The Bertz CT molecular complexity index is 529. The molecule has 0 bridgehead atoms. The summed E-state index contributed by atoms with van der Waals surface area (Å²) in [4.78, 5) is 6.77. The molecule has 1 fully saturated rings. The summed E-state index contributed by atoms with van der Waals surface area (Å²) in [6.07, 6.45) is 2.19. The normalized spacial score (nSPS) is 23.6. The van der Waals surface area contributed by atoms with Crippen molar-refractivity contribution in [3.63, 3.8) is 0 Å². The first-order valence-electron chi connectivity index (χ1n) is 6.26. The third kappa shape index (κ3) is 2.99. The van der Waals surface area contributed by atoms with Crippen molar-refractivity contribution in [1.82, 2.24) is 4.98 Å². The number of ether oxygens (including phenoxy) is 1. The van der Waals surface area contributed by atoms with E-state index in [1.807, 2.05) is 18.3 Å². The third-order valence-corrected chi connectivity index (χ3v) is 4.38. The largest absolute Gasteiger partial charge is 0.367 e. The lowest BCUT2D eigenvalue weighted by atomic mass is 10.1. The van der Waals surface area contributed by atoms with Gasteiger partial charge in [-0.2, -0.15) is 11.3 Å². The summed E-state index contributed by atoms with van der Waals surface area (Å²) in [5, 5.41) is 4.26. The van der Waals surface area contributed by atoms with Crippen LogP contribution in [0.3, 0.4) is 0 Å². The van der Waals surface area contributed by atoms with Gasteiger partial charge in [0.25, 0.3) is 0 Å². The van der Waals surface area contributed by atoms with Crippen LogP contribution in [0.5, 0.6) is 0 Å². The van der Waals surface area contributed by atoms with E-state index in [0.29, 0.717) is 0 Å². The van der Waals surface area contributed by atoms with E-state index in [1.54, 1.807) is 11.3 Å². The van der Waals surface area contributed by atoms with Crippen molar-refractivity contribution in [2.45, 2.75) is 19.1 Å². The highest BCUT2D eigenvalue weighted by atomic mass is 79.9. The maximum atomic E-state index is 6.03. The van der Waals surface area contributed by atoms with Crippen molar-refractivity contribution >= 4 is 33.1 Å². The van der Waals surface area contributed by atoms with Crippen molar-refractivity contribution in [3.05, 3.63) is 45.2 Å². The van der Waals surface area contributed by atoms with Gasteiger partial charge in [-0.05, 0) is 57.4 Å². The Kier molecular flexibility index (Phi) is 3.86. The molecule has 0 aromatic carbocycles. The van der Waals surface area contributed by atoms with Gasteiger partial charge >= 0.3 is 0 Å². The van der Waals surface area contributed by atoms with Crippen molar-refractivity contribution in [2.24, 2.45) is 0 Å². The second-order valence-electron chi connectivity index (χ2n) is 4.73. The van der Waals surface area contributed by atoms with Crippen LogP contribution in [0.25, 0.3) is 0 Å². The number of nitrogens with zero attached hydrogens (tertiary/aromatic N) is 2. The van der Waals surface area contributed by atoms with Gasteiger partial charge in [-0.25, -0.2) is 4.98 Å². The van der Waals surface area contributed by atoms with E-state index in [2.05, 4.69) is 49.6 Å². The van der Waals surface area contributed by atoms with Gasteiger partial charge in [0.2, 0.25) is 0 Å². The van der Waals surface area contributed by atoms with Crippen LogP contribution in [0.4, 0.5) is 5.82 Å². The number of pyridine rings is 1. The molecule has 3 nitrogen and oxygen atoms in total. The lowest BCUT2D eigenvalue weighted by Crippen LogP contribution is -2.43. The second kappa shape index (κ2) is 5.61. The van der Waals surface area contributed by atoms with Crippen LogP contribution in [0, 0.1) is 0 Å². The lowest BCUT2D eigenvalue weighted by molar-refractivity contribution is -0.0174. The van der Waals surface area contributed by atoms with Gasteiger partial charge in [-0.15, -0.1) is 0 Å².